The first kappa shape index (κ1) is 16.1. The number of rotatable bonds is 3. The Morgan fingerprint density at radius 1 is 1.47 bits per heavy atom. The van der Waals surface area contributed by atoms with Crippen molar-refractivity contribution in [3.8, 4) is 0 Å². The number of carbonyl (C=O) groups excluding carboxylic acids is 1. The SMILES string of the molecule is CC1CCCC(NC(=O)c2coc(CN)c2)C1C.Cl. The lowest BCUT2D eigenvalue weighted by atomic mass is 9.78. The van der Waals surface area contributed by atoms with Gasteiger partial charge in [0, 0.05) is 6.04 Å². The molecule has 3 unspecified atom stereocenters. The molecular formula is C14H23ClN2O2. The maximum atomic E-state index is 12.1. The predicted molar refractivity (Wildman–Crippen MR) is 77.3 cm³/mol. The van der Waals surface area contributed by atoms with Gasteiger partial charge in [-0.25, -0.2) is 0 Å². The number of nitrogens with two attached hydrogens (primary N) is 1. The summed E-state index contributed by atoms with van der Waals surface area (Å²) < 4.78 is 5.19. The summed E-state index contributed by atoms with van der Waals surface area (Å²) >= 11 is 0. The van der Waals surface area contributed by atoms with Crippen LogP contribution in [0, 0.1) is 11.8 Å². The number of hydrogen-bond donors (Lipinski definition) is 2. The van der Waals surface area contributed by atoms with Crippen molar-refractivity contribution >= 4 is 18.3 Å². The minimum atomic E-state index is -0.0515. The summed E-state index contributed by atoms with van der Waals surface area (Å²) in [6.45, 7) is 4.80. The Labute approximate surface area is 120 Å². The van der Waals surface area contributed by atoms with Crippen LogP contribution in [0.25, 0.3) is 0 Å². The maximum Gasteiger partial charge on any atom is 0.254 e. The molecule has 3 atom stereocenters. The van der Waals surface area contributed by atoms with Gasteiger partial charge in [-0.15, -0.1) is 12.4 Å². The van der Waals surface area contributed by atoms with Gasteiger partial charge in [-0.1, -0.05) is 26.7 Å². The Morgan fingerprint density at radius 3 is 2.84 bits per heavy atom. The van der Waals surface area contributed by atoms with Crippen LogP contribution in [0.4, 0.5) is 0 Å². The minimum absolute atomic E-state index is 0. The lowest BCUT2D eigenvalue weighted by molar-refractivity contribution is 0.0890. The van der Waals surface area contributed by atoms with E-state index in [-0.39, 0.29) is 24.4 Å². The molecule has 0 bridgehead atoms. The molecule has 0 aliphatic heterocycles. The molecule has 4 nitrogen and oxygen atoms in total. The summed E-state index contributed by atoms with van der Waals surface area (Å²) in [7, 11) is 0. The molecule has 1 amide bonds. The fraction of sp³-hybridized carbons (Fsp3) is 0.643. The Hall–Kier alpha value is -1.00. The number of nitrogens with one attached hydrogen (secondary N) is 1. The van der Waals surface area contributed by atoms with Crippen molar-refractivity contribution in [3.63, 3.8) is 0 Å². The van der Waals surface area contributed by atoms with Gasteiger partial charge in [-0.05, 0) is 24.3 Å². The van der Waals surface area contributed by atoms with Crippen molar-refractivity contribution in [2.24, 2.45) is 17.6 Å². The van der Waals surface area contributed by atoms with Gasteiger partial charge in [-0.3, -0.25) is 4.79 Å². The van der Waals surface area contributed by atoms with Crippen molar-refractivity contribution < 1.29 is 9.21 Å². The topological polar surface area (TPSA) is 68.3 Å². The third kappa shape index (κ3) is 3.74. The molecule has 1 aromatic rings. The molecule has 0 saturated heterocycles. The first-order valence-corrected chi connectivity index (χ1v) is 6.70. The summed E-state index contributed by atoms with van der Waals surface area (Å²) in [6, 6.07) is 1.99. The molecule has 0 spiro atoms. The van der Waals surface area contributed by atoms with E-state index >= 15 is 0 Å². The normalized spacial score (nSPS) is 26.6. The lowest BCUT2D eigenvalue weighted by Gasteiger charge is -2.34. The standard InChI is InChI=1S/C14H22N2O2.ClH/c1-9-4-3-5-13(10(9)2)16-14(17)11-6-12(7-15)18-8-11;/h6,8-10,13H,3-5,7,15H2,1-2H3,(H,16,17);1H. The Kier molecular flexibility index (Phi) is 5.88. The molecule has 108 valence electrons. The fourth-order valence-corrected chi connectivity index (χ4v) is 2.64. The van der Waals surface area contributed by atoms with Crippen molar-refractivity contribution in [1.82, 2.24) is 5.32 Å². The zero-order valence-electron chi connectivity index (χ0n) is 11.5. The average molecular weight is 287 g/mol. The number of furan rings is 1. The van der Waals surface area contributed by atoms with Gasteiger partial charge >= 0.3 is 0 Å². The van der Waals surface area contributed by atoms with Gasteiger partial charge in [-0.2, -0.15) is 0 Å². The molecule has 1 fully saturated rings. The van der Waals surface area contributed by atoms with Gasteiger partial charge in [0.2, 0.25) is 0 Å². The third-order valence-corrected chi connectivity index (χ3v) is 4.14. The first-order chi connectivity index (χ1) is 8.61. The van der Waals surface area contributed by atoms with Crippen LogP contribution in [0.3, 0.4) is 0 Å². The summed E-state index contributed by atoms with van der Waals surface area (Å²) in [5.74, 6) is 1.80. The Morgan fingerprint density at radius 2 is 2.21 bits per heavy atom. The molecule has 1 aliphatic carbocycles. The highest BCUT2D eigenvalue weighted by molar-refractivity contribution is 5.94. The minimum Gasteiger partial charge on any atom is -0.467 e. The van der Waals surface area contributed by atoms with Crippen molar-refractivity contribution in [3.05, 3.63) is 23.7 Å². The summed E-state index contributed by atoms with van der Waals surface area (Å²) in [5.41, 5.74) is 6.03. The smallest absolute Gasteiger partial charge is 0.254 e. The van der Waals surface area contributed by atoms with Gasteiger partial charge in [0.25, 0.3) is 5.91 Å². The van der Waals surface area contributed by atoms with Crippen LogP contribution in [0.1, 0.15) is 49.2 Å². The van der Waals surface area contributed by atoms with Gasteiger partial charge in [0.05, 0.1) is 12.1 Å². The number of halogens is 1. The molecule has 3 N–H and O–H groups in total. The second kappa shape index (κ2) is 6.96. The van der Waals surface area contributed by atoms with E-state index in [4.69, 9.17) is 10.2 Å². The highest BCUT2D eigenvalue weighted by Crippen LogP contribution is 2.29. The maximum absolute atomic E-state index is 12.1. The predicted octanol–water partition coefficient (Wildman–Crippen LogP) is 2.71. The summed E-state index contributed by atoms with van der Waals surface area (Å²) in [6.07, 6.45) is 5.00. The zero-order valence-corrected chi connectivity index (χ0v) is 12.3. The number of hydrogen-bond acceptors (Lipinski definition) is 3. The van der Waals surface area contributed by atoms with Crippen LogP contribution in [-0.4, -0.2) is 11.9 Å². The summed E-state index contributed by atoms with van der Waals surface area (Å²) in [4.78, 5) is 12.1. The van der Waals surface area contributed by atoms with Gasteiger partial charge in [0.15, 0.2) is 0 Å². The summed E-state index contributed by atoms with van der Waals surface area (Å²) in [5, 5.41) is 3.11. The molecule has 1 aliphatic rings. The fourth-order valence-electron chi connectivity index (χ4n) is 2.64. The second-order valence-corrected chi connectivity index (χ2v) is 5.35. The van der Waals surface area contributed by atoms with Crippen LogP contribution in [0.5, 0.6) is 0 Å². The number of amides is 1. The zero-order chi connectivity index (χ0) is 13.1. The van der Waals surface area contributed by atoms with Gasteiger partial charge < -0.3 is 15.5 Å². The molecule has 1 heterocycles. The van der Waals surface area contributed by atoms with E-state index in [0.717, 1.165) is 6.42 Å². The molecule has 1 aromatic heterocycles. The average Bonchev–Trinajstić information content (AvgIpc) is 2.83. The van der Waals surface area contributed by atoms with Gasteiger partial charge in [0.1, 0.15) is 12.0 Å². The van der Waals surface area contributed by atoms with Crippen LogP contribution in [-0.2, 0) is 6.54 Å². The van der Waals surface area contributed by atoms with Crippen molar-refractivity contribution in [2.45, 2.75) is 45.7 Å². The second-order valence-electron chi connectivity index (χ2n) is 5.35. The van der Waals surface area contributed by atoms with E-state index in [1.807, 2.05) is 0 Å². The molecule has 1 saturated carbocycles. The van der Waals surface area contributed by atoms with Crippen molar-refractivity contribution in [2.75, 3.05) is 0 Å². The van der Waals surface area contributed by atoms with Crippen molar-refractivity contribution in [1.29, 1.82) is 0 Å². The molecular weight excluding hydrogens is 264 g/mol. The quantitative estimate of drug-likeness (QED) is 0.898. The monoisotopic (exact) mass is 286 g/mol. The van der Waals surface area contributed by atoms with Crippen LogP contribution < -0.4 is 11.1 Å². The van der Waals surface area contributed by atoms with E-state index < -0.39 is 0 Å². The largest absolute Gasteiger partial charge is 0.467 e. The third-order valence-electron chi connectivity index (χ3n) is 4.14. The van der Waals surface area contributed by atoms with Crippen LogP contribution >= 0.6 is 12.4 Å². The number of carbonyl (C=O) groups is 1. The molecule has 2 rings (SSSR count). The molecule has 0 aromatic carbocycles. The van der Waals surface area contributed by atoms with E-state index in [1.165, 1.54) is 19.1 Å². The lowest BCUT2D eigenvalue weighted by Crippen LogP contribution is -2.43. The van der Waals surface area contributed by atoms with E-state index in [1.54, 1.807) is 6.07 Å². The highest BCUT2D eigenvalue weighted by atomic mass is 35.5. The van der Waals surface area contributed by atoms with E-state index in [2.05, 4.69) is 19.2 Å². The Bertz CT molecular complexity index is 419. The highest BCUT2D eigenvalue weighted by Gasteiger charge is 2.28. The van der Waals surface area contributed by atoms with E-state index in [0.29, 0.717) is 29.7 Å². The van der Waals surface area contributed by atoms with Crippen LogP contribution in [0.2, 0.25) is 0 Å². The Balaban J connectivity index is 0.00000180. The van der Waals surface area contributed by atoms with Crippen LogP contribution in [0.15, 0.2) is 16.7 Å². The molecule has 19 heavy (non-hydrogen) atoms. The molecule has 0 radical (unpaired) electrons. The first-order valence-electron chi connectivity index (χ1n) is 6.70. The van der Waals surface area contributed by atoms with E-state index in [9.17, 15) is 4.79 Å². The molecule has 5 heteroatoms.